The molecule has 36 heavy (non-hydrogen) atoms. The average molecular weight is 545 g/mol. The van der Waals surface area contributed by atoms with Gasteiger partial charge in [-0.3, -0.25) is 10.1 Å². The van der Waals surface area contributed by atoms with Gasteiger partial charge in [0, 0.05) is 23.7 Å². The van der Waals surface area contributed by atoms with Crippen LogP contribution in [0.5, 0.6) is 0 Å². The first-order chi connectivity index (χ1) is 17.4. The molecule has 5 rings (SSSR count). The third kappa shape index (κ3) is 5.21. The van der Waals surface area contributed by atoms with E-state index in [-0.39, 0.29) is 23.8 Å². The number of nitrogens with one attached hydrogen (secondary N) is 1. The number of rotatable bonds is 8. The summed E-state index contributed by atoms with van der Waals surface area (Å²) in [5, 5.41) is 8.98. The topological polar surface area (TPSA) is 159 Å². The molecule has 1 amide bonds. The number of nitrogens with zero attached hydrogens (tertiary/aromatic N) is 4. The predicted molar refractivity (Wildman–Crippen MR) is 137 cm³/mol. The second kappa shape index (κ2) is 10.3. The van der Waals surface area contributed by atoms with Gasteiger partial charge in [-0.1, -0.05) is 28.6 Å². The summed E-state index contributed by atoms with van der Waals surface area (Å²) in [7, 11) is -3.54. The Morgan fingerprint density at radius 3 is 2.78 bits per heavy atom. The second-order valence-electron chi connectivity index (χ2n) is 7.73. The highest BCUT2D eigenvalue weighted by molar-refractivity contribution is 7.92. The number of benzene rings is 1. The molecule has 4 heterocycles. The molecule has 186 valence electrons. The van der Waals surface area contributed by atoms with Crippen molar-refractivity contribution in [1.29, 1.82) is 0 Å². The van der Waals surface area contributed by atoms with Crippen molar-refractivity contribution in [3.05, 3.63) is 58.5 Å². The molecule has 3 aromatic heterocycles. The Morgan fingerprint density at radius 2 is 2.06 bits per heavy atom. The van der Waals surface area contributed by atoms with Gasteiger partial charge in [-0.15, -0.1) is 11.3 Å². The van der Waals surface area contributed by atoms with Gasteiger partial charge in [-0.05, 0) is 30.7 Å². The summed E-state index contributed by atoms with van der Waals surface area (Å²) < 4.78 is 31.0. The van der Waals surface area contributed by atoms with Crippen LogP contribution in [0.25, 0.3) is 10.3 Å². The molecule has 0 spiro atoms. The highest BCUT2D eigenvalue weighted by Crippen LogP contribution is 2.26. The number of sulfone groups is 1. The number of nitrogens with two attached hydrogens (primary N) is 1. The number of oxime groups is 1. The minimum Gasteiger partial charge on any atom is -0.388 e. The molecule has 1 aromatic carbocycles. The van der Waals surface area contributed by atoms with Crippen LogP contribution in [0.2, 0.25) is 0 Å². The van der Waals surface area contributed by atoms with Gasteiger partial charge in [-0.2, -0.15) is 0 Å². The van der Waals surface area contributed by atoms with Gasteiger partial charge in [-0.25, -0.2) is 23.4 Å². The Balaban J connectivity index is 1.40. The van der Waals surface area contributed by atoms with E-state index in [1.165, 1.54) is 35.6 Å². The van der Waals surface area contributed by atoms with E-state index in [2.05, 4.69) is 25.4 Å². The molecule has 0 unspecified atom stereocenters. The van der Waals surface area contributed by atoms with Crippen LogP contribution in [0.15, 0.2) is 58.0 Å². The summed E-state index contributed by atoms with van der Waals surface area (Å²) >= 11 is 2.56. The van der Waals surface area contributed by atoms with Crippen molar-refractivity contribution in [1.82, 2.24) is 15.0 Å². The molecule has 1 saturated heterocycles. The first-order valence-electron chi connectivity index (χ1n) is 10.7. The van der Waals surface area contributed by atoms with E-state index in [4.69, 9.17) is 15.3 Å². The number of pyridine rings is 1. The summed E-state index contributed by atoms with van der Waals surface area (Å²) in [4.78, 5) is 32.0. The Morgan fingerprint density at radius 1 is 1.22 bits per heavy atom. The van der Waals surface area contributed by atoms with E-state index in [0.29, 0.717) is 44.9 Å². The van der Waals surface area contributed by atoms with E-state index in [0.717, 1.165) is 11.3 Å². The molecular weight excluding hydrogens is 524 g/mol. The van der Waals surface area contributed by atoms with Crippen LogP contribution in [-0.2, 0) is 30.8 Å². The monoisotopic (exact) mass is 544 g/mol. The fourth-order valence-corrected chi connectivity index (χ4v) is 6.44. The van der Waals surface area contributed by atoms with Crippen molar-refractivity contribution in [2.45, 2.75) is 23.2 Å². The molecule has 1 aliphatic heterocycles. The number of fused-ring (bicyclic) bond motifs is 1. The third-order valence-corrected chi connectivity index (χ3v) is 9.14. The molecule has 14 heteroatoms. The zero-order chi connectivity index (χ0) is 25.1. The van der Waals surface area contributed by atoms with E-state index in [1.807, 2.05) is 0 Å². The number of hydrogen-bond donors (Lipinski definition) is 2. The van der Waals surface area contributed by atoms with Crippen LogP contribution in [-0.4, -0.2) is 53.5 Å². The minimum absolute atomic E-state index is 0.0496. The zero-order valence-corrected chi connectivity index (χ0v) is 21.1. The zero-order valence-electron chi connectivity index (χ0n) is 18.7. The summed E-state index contributed by atoms with van der Waals surface area (Å²) in [5.74, 6) is -0.234. The van der Waals surface area contributed by atoms with Crippen LogP contribution >= 0.6 is 22.7 Å². The Labute approximate surface area is 213 Å². The fraction of sp³-hybridized carbons (Fsp3) is 0.227. The SMILES string of the molecule is Nc1ccc2nc(NC(=O)/C(=N/OCc3nccs3)c3ccc(S(=O)(=O)[C@H]4CCOC4)cc3)sc2n1. The van der Waals surface area contributed by atoms with Gasteiger partial charge in [0.05, 0.1) is 16.8 Å². The lowest BCUT2D eigenvalue weighted by Crippen LogP contribution is -2.25. The Bertz CT molecular complexity index is 1510. The first-order valence-corrected chi connectivity index (χ1v) is 14.0. The summed E-state index contributed by atoms with van der Waals surface area (Å²) in [6.07, 6.45) is 2.09. The number of nitrogen functional groups attached to an aromatic ring is 1. The van der Waals surface area contributed by atoms with Crippen molar-refractivity contribution >= 4 is 65.4 Å². The van der Waals surface area contributed by atoms with E-state index >= 15 is 0 Å². The number of hydrogen-bond acceptors (Lipinski definition) is 12. The average Bonchev–Trinajstić information content (AvgIpc) is 3.64. The number of ether oxygens (including phenoxy) is 1. The lowest BCUT2D eigenvalue weighted by molar-refractivity contribution is -0.110. The van der Waals surface area contributed by atoms with Gasteiger partial charge < -0.3 is 15.3 Å². The number of anilines is 2. The number of amides is 1. The van der Waals surface area contributed by atoms with E-state index in [1.54, 1.807) is 23.7 Å². The van der Waals surface area contributed by atoms with Gasteiger partial charge in [0.2, 0.25) is 0 Å². The summed E-state index contributed by atoms with van der Waals surface area (Å²) in [6.45, 7) is 0.669. The predicted octanol–water partition coefficient (Wildman–Crippen LogP) is 2.85. The largest absolute Gasteiger partial charge is 0.388 e. The van der Waals surface area contributed by atoms with Crippen LogP contribution in [0.4, 0.5) is 10.9 Å². The number of aromatic nitrogens is 3. The van der Waals surface area contributed by atoms with Gasteiger partial charge in [0.15, 0.2) is 27.3 Å². The van der Waals surface area contributed by atoms with Gasteiger partial charge in [0.1, 0.15) is 21.2 Å². The van der Waals surface area contributed by atoms with Crippen molar-refractivity contribution in [2.75, 3.05) is 24.3 Å². The third-order valence-electron chi connectivity index (χ3n) is 5.32. The standard InChI is InChI=1S/C22H20N6O5S3/c23-17-6-5-16-21(26-17)35-22(25-16)27-20(29)19(28-33-12-18-24-8-10-34-18)13-1-3-14(4-2-13)36(30,31)15-7-9-32-11-15/h1-6,8,10,15H,7,9,11-12H2,(H2,23,26)(H,25,27,29)/b28-19+/t15-/m0/s1. The van der Waals surface area contributed by atoms with Crippen LogP contribution in [0.3, 0.4) is 0 Å². The molecule has 3 N–H and O–H groups in total. The fourth-order valence-electron chi connectivity index (χ4n) is 3.50. The highest BCUT2D eigenvalue weighted by Gasteiger charge is 2.31. The van der Waals surface area contributed by atoms with Crippen molar-refractivity contribution in [3.63, 3.8) is 0 Å². The van der Waals surface area contributed by atoms with Crippen LogP contribution in [0.1, 0.15) is 17.0 Å². The van der Waals surface area contributed by atoms with Crippen molar-refractivity contribution < 1.29 is 22.8 Å². The second-order valence-corrected chi connectivity index (χ2v) is 11.9. The van der Waals surface area contributed by atoms with E-state index in [9.17, 15) is 13.2 Å². The van der Waals surface area contributed by atoms with Crippen molar-refractivity contribution in [2.24, 2.45) is 5.16 Å². The number of carbonyl (C=O) groups excluding carboxylic acids is 1. The summed E-state index contributed by atoms with van der Waals surface area (Å²) in [5.41, 5.74) is 6.64. The quantitative estimate of drug-likeness (QED) is 0.251. The minimum atomic E-state index is -3.54. The van der Waals surface area contributed by atoms with Crippen LogP contribution in [0, 0.1) is 0 Å². The maximum atomic E-state index is 13.2. The molecule has 0 saturated carbocycles. The van der Waals surface area contributed by atoms with Gasteiger partial charge in [0.25, 0.3) is 5.91 Å². The molecule has 1 atom stereocenters. The molecule has 0 aliphatic carbocycles. The molecule has 4 aromatic rings. The molecule has 1 fully saturated rings. The molecule has 0 radical (unpaired) electrons. The molecule has 1 aliphatic rings. The number of thiazole rings is 2. The normalized spacial score (nSPS) is 16.3. The Kier molecular flexibility index (Phi) is 6.91. The molecule has 11 nitrogen and oxygen atoms in total. The maximum Gasteiger partial charge on any atom is 0.280 e. The van der Waals surface area contributed by atoms with E-state index < -0.39 is 21.0 Å². The van der Waals surface area contributed by atoms with Crippen LogP contribution < -0.4 is 11.1 Å². The summed E-state index contributed by atoms with van der Waals surface area (Å²) in [6, 6.07) is 9.29. The maximum absolute atomic E-state index is 13.2. The smallest absolute Gasteiger partial charge is 0.280 e. The molecule has 0 bridgehead atoms. The highest BCUT2D eigenvalue weighted by atomic mass is 32.2. The van der Waals surface area contributed by atoms with Gasteiger partial charge >= 0.3 is 0 Å². The molecular formula is C22H20N6O5S3. The first kappa shape index (κ1) is 24.2. The lowest BCUT2D eigenvalue weighted by Gasteiger charge is -2.11. The number of carbonyl (C=O) groups is 1. The lowest BCUT2D eigenvalue weighted by atomic mass is 10.1. The van der Waals surface area contributed by atoms with Crippen molar-refractivity contribution in [3.8, 4) is 0 Å². The Hall–Kier alpha value is -3.46.